The number of aryl methyl sites for hydroxylation is 3. The first-order valence-electron chi connectivity index (χ1n) is 9.44. The van der Waals surface area contributed by atoms with Crippen LogP contribution >= 0.6 is 11.8 Å². The van der Waals surface area contributed by atoms with E-state index < -0.39 is 0 Å². The highest BCUT2D eigenvalue weighted by Gasteiger charge is 2.24. The zero-order valence-electron chi connectivity index (χ0n) is 15.8. The molecule has 4 rings (SSSR count). The van der Waals surface area contributed by atoms with Gasteiger partial charge in [-0.15, -0.1) is 0 Å². The maximum atomic E-state index is 2.41. The molecule has 3 aromatic rings. The fourth-order valence-electron chi connectivity index (χ4n) is 3.49. The van der Waals surface area contributed by atoms with Gasteiger partial charge in [0, 0.05) is 15.5 Å². The van der Waals surface area contributed by atoms with E-state index in [1.54, 1.807) is 0 Å². The summed E-state index contributed by atoms with van der Waals surface area (Å²) in [5.41, 5.74) is 7.83. The Balaban J connectivity index is 1.80. The van der Waals surface area contributed by atoms with Crippen molar-refractivity contribution in [3.05, 3.63) is 77.4 Å². The monoisotopic (exact) mass is 359 g/mol. The van der Waals surface area contributed by atoms with Crippen LogP contribution in [0.2, 0.25) is 0 Å². The fraction of sp³-hybridized carbons (Fsp3) is 0.250. The first-order valence-corrected chi connectivity index (χ1v) is 10.3. The summed E-state index contributed by atoms with van der Waals surface area (Å²) in [6.45, 7) is 6.58. The summed E-state index contributed by atoms with van der Waals surface area (Å²) >= 11 is 1.88. The van der Waals surface area contributed by atoms with Crippen molar-refractivity contribution in [1.29, 1.82) is 0 Å². The fourth-order valence-corrected chi connectivity index (χ4v) is 4.75. The summed E-state index contributed by atoms with van der Waals surface area (Å²) in [7, 11) is 0. The largest absolute Gasteiger partial charge is 0.308 e. The molecule has 1 aliphatic rings. The Bertz CT molecular complexity index is 876. The maximum Gasteiger partial charge on any atom is 0.0601 e. The summed E-state index contributed by atoms with van der Waals surface area (Å²) in [6, 6.07) is 22.6. The van der Waals surface area contributed by atoms with Crippen molar-refractivity contribution in [2.45, 2.75) is 49.8 Å². The molecular formula is C24H25NS. The Hall–Kier alpha value is -2.19. The van der Waals surface area contributed by atoms with Gasteiger partial charge in [-0.3, -0.25) is 0 Å². The predicted molar refractivity (Wildman–Crippen MR) is 113 cm³/mol. The molecule has 0 radical (unpaired) electrons. The Morgan fingerprint density at radius 1 is 0.769 bits per heavy atom. The molecule has 0 N–H and O–H groups in total. The zero-order valence-corrected chi connectivity index (χ0v) is 16.6. The van der Waals surface area contributed by atoms with Crippen LogP contribution in [-0.2, 0) is 6.42 Å². The van der Waals surface area contributed by atoms with Gasteiger partial charge in [-0.25, -0.2) is 0 Å². The van der Waals surface area contributed by atoms with Gasteiger partial charge >= 0.3 is 0 Å². The van der Waals surface area contributed by atoms with Crippen LogP contribution in [0.15, 0.2) is 70.5 Å². The van der Waals surface area contributed by atoms with Crippen LogP contribution in [0.3, 0.4) is 0 Å². The highest BCUT2D eigenvalue weighted by molar-refractivity contribution is 7.99. The molecule has 0 bridgehead atoms. The molecule has 0 saturated carbocycles. The molecule has 1 nitrogen and oxygen atoms in total. The molecule has 1 aliphatic heterocycles. The van der Waals surface area contributed by atoms with Crippen LogP contribution in [0.5, 0.6) is 0 Å². The number of benzene rings is 3. The third-order valence-corrected chi connectivity index (χ3v) is 6.04. The van der Waals surface area contributed by atoms with Crippen molar-refractivity contribution in [2.75, 3.05) is 4.90 Å². The lowest BCUT2D eigenvalue weighted by atomic mass is 10.1. The van der Waals surface area contributed by atoms with Crippen LogP contribution < -0.4 is 4.90 Å². The highest BCUT2D eigenvalue weighted by atomic mass is 32.2. The van der Waals surface area contributed by atoms with E-state index in [4.69, 9.17) is 0 Å². The van der Waals surface area contributed by atoms with Gasteiger partial charge in [0.05, 0.1) is 11.4 Å². The second-order valence-electron chi connectivity index (χ2n) is 7.15. The molecule has 26 heavy (non-hydrogen) atoms. The van der Waals surface area contributed by atoms with Crippen molar-refractivity contribution >= 4 is 28.8 Å². The number of rotatable bonds is 4. The van der Waals surface area contributed by atoms with E-state index in [0.29, 0.717) is 0 Å². The number of hydrogen-bond acceptors (Lipinski definition) is 2. The summed E-state index contributed by atoms with van der Waals surface area (Å²) in [6.07, 6.45) is 3.66. The number of unbranched alkanes of at least 4 members (excludes halogenated alkanes) is 1. The molecule has 132 valence electrons. The lowest BCUT2D eigenvalue weighted by molar-refractivity contribution is 0.795. The van der Waals surface area contributed by atoms with Crippen LogP contribution in [0.4, 0.5) is 17.1 Å². The SMILES string of the molecule is CCCCc1ccc(N2c3ccc(C)cc3Sc3cc(C)ccc32)cc1. The topological polar surface area (TPSA) is 3.24 Å². The molecule has 0 aliphatic carbocycles. The quantitative estimate of drug-likeness (QED) is 0.369. The van der Waals surface area contributed by atoms with Crippen molar-refractivity contribution in [3.8, 4) is 0 Å². The smallest absolute Gasteiger partial charge is 0.0601 e. The van der Waals surface area contributed by atoms with Gasteiger partial charge < -0.3 is 4.90 Å². The van der Waals surface area contributed by atoms with Gasteiger partial charge in [0.1, 0.15) is 0 Å². The van der Waals surface area contributed by atoms with E-state index in [2.05, 4.69) is 86.3 Å². The van der Waals surface area contributed by atoms with E-state index >= 15 is 0 Å². The molecule has 3 aromatic carbocycles. The Morgan fingerprint density at radius 3 is 1.88 bits per heavy atom. The molecular weight excluding hydrogens is 334 g/mol. The minimum atomic E-state index is 1.16. The van der Waals surface area contributed by atoms with Crippen LogP contribution in [0.25, 0.3) is 0 Å². The normalized spacial score (nSPS) is 12.7. The number of fused-ring (bicyclic) bond motifs is 2. The molecule has 1 heterocycles. The van der Waals surface area contributed by atoms with Gasteiger partial charge in [-0.1, -0.05) is 49.4 Å². The van der Waals surface area contributed by atoms with Crippen molar-refractivity contribution in [3.63, 3.8) is 0 Å². The summed E-state index contributed by atoms with van der Waals surface area (Å²) in [4.78, 5) is 5.07. The number of anilines is 3. The predicted octanol–water partition coefficient (Wildman–Crippen LogP) is 7.58. The standard InChI is InChI=1S/C24H25NS/c1-4-5-6-19-9-11-20(12-10-19)25-21-13-7-17(2)15-23(21)26-24-16-18(3)8-14-22(24)25/h7-16H,4-6H2,1-3H3. The minimum Gasteiger partial charge on any atom is -0.308 e. The van der Waals surface area contributed by atoms with E-state index in [1.807, 2.05) is 11.8 Å². The molecule has 0 saturated heterocycles. The Morgan fingerprint density at radius 2 is 1.35 bits per heavy atom. The van der Waals surface area contributed by atoms with E-state index in [-0.39, 0.29) is 0 Å². The second-order valence-corrected chi connectivity index (χ2v) is 8.23. The number of nitrogens with zero attached hydrogens (tertiary/aromatic N) is 1. The first kappa shape index (κ1) is 17.2. The molecule has 0 spiro atoms. The zero-order chi connectivity index (χ0) is 18.1. The van der Waals surface area contributed by atoms with Crippen LogP contribution in [-0.4, -0.2) is 0 Å². The van der Waals surface area contributed by atoms with Crippen molar-refractivity contribution in [1.82, 2.24) is 0 Å². The second kappa shape index (κ2) is 7.20. The van der Waals surface area contributed by atoms with Gasteiger partial charge in [-0.05, 0) is 79.8 Å². The molecule has 0 fully saturated rings. The van der Waals surface area contributed by atoms with Crippen molar-refractivity contribution in [2.24, 2.45) is 0 Å². The van der Waals surface area contributed by atoms with E-state index in [9.17, 15) is 0 Å². The Kier molecular flexibility index (Phi) is 4.78. The van der Waals surface area contributed by atoms with Gasteiger partial charge in [0.25, 0.3) is 0 Å². The minimum absolute atomic E-state index is 1.16. The summed E-state index contributed by atoms with van der Waals surface area (Å²) in [5.74, 6) is 0. The third kappa shape index (κ3) is 3.26. The van der Waals surface area contributed by atoms with Gasteiger partial charge in [-0.2, -0.15) is 0 Å². The third-order valence-electron chi connectivity index (χ3n) is 4.95. The molecule has 0 amide bonds. The summed E-state index contributed by atoms with van der Waals surface area (Å²) in [5, 5.41) is 0. The Labute approximate surface area is 161 Å². The van der Waals surface area contributed by atoms with Gasteiger partial charge in [0.15, 0.2) is 0 Å². The van der Waals surface area contributed by atoms with Gasteiger partial charge in [0.2, 0.25) is 0 Å². The molecule has 0 unspecified atom stereocenters. The highest BCUT2D eigenvalue weighted by Crippen LogP contribution is 2.51. The number of hydrogen-bond donors (Lipinski definition) is 0. The van der Waals surface area contributed by atoms with E-state index in [0.717, 1.165) is 6.42 Å². The van der Waals surface area contributed by atoms with Crippen molar-refractivity contribution < 1.29 is 0 Å². The average Bonchev–Trinajstić information content (AvgIpc) is 2.64. The molecule has 0 aromatic heterocycles. The average molecular weight is 360 g/mol. The van der Waals surface area contributed by atoms with E-state index in [1.165, 1.54) is 56.4 Å². The maximum absolute atomic E-state index is 2.41. The van der Waals surface area contributed by atoms with Crippen LogP contribution in [0, 0.1) is 13.8 Å². The van der Waals surface area contributed by atoms with Crippen LogP contribution in [0.1, 0.15) is 36.5 Å². The lowest BCUT2D eigenvalue weighted by Gasteiger charge is -2.33. The molecule has 2 heteroatoms. The first-order chi connectivity index (χ1) is 12.7. The lowest BCUT2D eigenvalue weighted by Crippen LogP contribution is -2.15. The molecule has 0 atom stereocenters. The summed E-state index contributed by atoms with van der Waals surface area (Å²) < 4.78 is 0.